The molecule has 0 aliphatic carbocycles. The third-order valence-corrected chi connectivity index (χ3v) is 4.13. The van der Waals surface area contributed by atoms with E-state index in [4.69, 9.17) is 0 Å². The first-order valence-electron chi connectivity index (χ1n) is 8.45. The van der Waals surface area contributed by atoms with Gasteiger partial charge in [0.1, 0.15) is 5.75 Å². The molecule has 26 heavy (non-hydrogen) atoms. The SMILES string of the molecule is CCNC(=NCc1ccccc1OC(F)(F)F)NCC1CCCN1C.I. The number of likely N-dealkylation sites (tertiary alicyclic amines) is 1. The number of halogens is 4. The van der Waals surface area contributed by atoms with E-state index in [1.54, 1.807) is 12.1 Å². The zero-order chi connectivity index (χ0) is 18.3. The molecule has 0 bridgehead atoms. The first kappa shape index (κ1) is 22.8. The number of nitrogens with zero attached hydrogens (tertiary/aromatic N) is 2. The van der Waals surface area contributed by atoms with Crippen LogP contribution in [0.3, 0.4) is 0 Å². The van der Waals surface area contributed by atoms with Crippen molar-refractivity contribution in [1.29, 1.82) is 0 Å². The molecule has 1 unspecified atom stereocenters. The minimum atomic E-state index is -4.71. The maximum Gasteiger partial charge on any atom is 0.573 e. The van der Waals surface area contributed by atoms with Crippen LogP contribution in [0.15, 0.2) is 29.3 Å². The Morgan fingerprint density at radius 2 is 2.04 bits per heavy atom. The molecule has 1 aromatic carbocycles. The predicted molar refractivity (Wildman–Crippen MR) is 107 cm³/mol. The van der Waals surface area contributed by atoms with E-state index in [-0.39, 0.29) is 36.3 Å². The van der Waals surface area contributed by atoms with Gasteiger partial charge >= 0.3 is 6.36 Å². The smallest absolute Gasteiger partial charge is 0.405 e. The van der Waals surface area contributed by atoms with Crippen molar-refractivity contribution in [2.75, 3.05) is 26.7 Å². The summed E-state index contributed by atoms with van der Waals surface area (Å²) in [4.78, 5) is 6.68. The minimum Gasteiger partial charge on any atom is -0.405 e. The number of ether oxygens (including phenoxy) is 1. The molecule has 1 fully saturated rings. The molecule has 1 aliphatic heterocycles. The Balaban J connectivity index is 0.00000338. The molecule has 2 N–H and O–H groups in total. The summed E-state index contributed by atoms with van der Waals surface area (Å²) < 4.78 is 41.5. The van der Waals surface area contributed by atoms with Gasteiger partial charge < -0.3 is 20.3 Å². The van der Waals surface area contributed by atoms with Crippen molar-refractivity contribution < 1.29 is 17.9 Å². The Bertz CT molecular complexity index is 583. The summed E-state index contributed by atoms with van der Waals surface area (Å²) >= 11 is 0. The lowest BCUT2D eigenvalue weighted by Crippen LogP contribution is -2.44. The van der Waals surface area contributed by atoms with E-state index in [0.717, 1.165) is 19.5 Å². The molecule has 5 nitrogen and oxygen atoms in total. The van der Waals surface area contributed by atoms with Crippen LogP contribution in [0.4, 0.5) is 13.2 Å². The molecule has 9 heteroatoms. The average Bonchev–Trinajstić information content (AvgIpc) is 2.95. The van der Waals surface area contributed by atoms with Crippen LogP contribution < -0.4 is 15.4 Å². The summed E-state index contributed by atoms with van der Waals surface area (Å²) in [6.07, 6.45) is -2.40. The van der Waals surface area contributed by atoms with E-state index in [2.05, 4.69) is 32.3 Å². The molecule has 1 aromatic rings. The lowest BCUT2D eigenvalue weighted by atomic mass is 10.2. The molecule has 0 radical (unpaired) electrons. The normalized spacial score (nSPS) is 18.3. The molecule has 0 spiro atoms. The summed E-state index contributed by atoms with van der Waals surface area (Å²) in [5, 5.41) is 6.38. The van der Waals surface area contributed by atoms with Crippen LogP contribution in [0.1, 0.15) is 25.3 Å². The fourth-order valence-corrected chi connectivity index (χ4v) is 2.82. The van der Waals surface area contributed by atoms with Gasteiger partial charge in [0.25, 0.3) is 0 Å². The number of likely N-dealkylation sites (N-methyl/N-ethyl adjacent to an activating group) is 1. The lowest BCUT2D eigenvalue weighted by molar-refractivity contribution is -0.274. The van der Waals surface area contributed by atoms with Crippen LogP contribution in [0.5, 0.6) is 5.75 Å². The molecular formula is C17H26F3IN4O. The molecule has 1 atom stereocenters. The van der Waals surface area contributed by atoms with Gasteiger partial charge in [0, 0.05) is 24.7 Å². The van der Waals surface area contributed by atoms with Crippen LogP contribution in [-0.4, -0.2) is 49.9 Å². The van der Waals surface area contributed by atoms with Gasteiger partial charge in [-0.25, -0.2) is 4.99 Å². The minimum absolute atomic E-state index is 0. The maximum atomic E-state index is 12.5. The molecule has 0 aromatic heterocycles. The topological polar surface area (TPSA) is 48.9 Å². The van der Waals surface area contributed by atoms with E-state index < -0.39 is 6.36 Å². The molecule has 0 amide bonds. The highest BCUT2D eigenvalue weighted by Gasteiger charge is 2.31. The van der Waals surface area contributed by atoms with Crippen molar-refractivity contribution in [3.63, 3.8) is 0 Å². The number of rotatable bonds is 6. The number of para-hydroxylation sites is 1. The van der Waals surface area contributed by atoms with Gasteiger partial charge in [-0.05, 0) is 39.4 Å². The van der Waals surface area contributed by atoms with E-state index in [9.17, 15) is 13.2 Å². The average molecular weight is 486 g/mol. The van der Waals surface area contributed by atoms with Crippen LogP contribution in [-0.2, 0) is 6.54 Å². The van der Waals surface area contributed by atoms with Gasteiger partial charge in [-0.1, -0.05) is 18.2 Å². The molecule has 1 heterocycles. The Labute approximate surface area is 169 Å². The molecule has 1 saturated heterocycles. The van der Waals surface area contributed by atoms with Crippen molar-refractivity contribution in [3.8, 4) is 5.75 Å². The largest absolute Gasteiger partial charge is 0.573 e. The number of benzene rings is 1. The Kier molecular flexibility index (Phi) is 9.48. The fraction of sp³-hybridized carbons (Fsp3) is 0.588. The first-order valence-corrected chi connectivity index (χ1v) is 8.45. The highest BCUT2D eigenvalue weighted by atomic mass is 127. The quantitative estimate of drug-likeness (QED) is 0.368. The van der Waals surface area contributed by atoms with Crippen LogP contribution in [0.2, 0.25) is 0 Å². The lowest BCUT2D eigenvalue weighted by Gasteiger charge is -2.21. The van der Waals surface area contributed by atoms with Crippen molar-refractivity contribution in [1.82, 2.24) is 15.5 Å². The second-order valence-electron chi connectivity index (χ2n) is 6.01. The molecule has 148 valence electrons. The van der Waals surface area contributed by atoms with Crippen molar-refractivity contribution >= 4 is 29.9 Å². The second-order valence-corrected chi connectivity index (χ2v) is 6.01. The second kappa shape index (κ2) is 10.8. The first-order chi connectivity index (χ1) is 11.9. The third kappa shape index (κ3) is 7.56. The summed E-state index contributed by atoms with van der Waals surface area (Å²) in [6, 6.07) is 6.51. The van der Waals surface area contributed by atoms with Crippen molar-refractivity contribution in [2.45, 2.75) is 38.7 Å². The van der Waals surface area contributed by atoms with Gasteiger partial charge in [0.15, 0.2) is 5.96 Å². The Morgan fingerprint density at radius 1 is 1.31 bits per heavy atom. The summed E-state index contributed by atoms with van der Waals surface area (Å²) in [5.41, 5.74) is 0.384. The van der Waals surface area contributed by atoms with Gasteiger partial charge in [-0.3, -0.25) is 0 Å². The number of guanidine groups is 1. The van der Waals surface area contributed by atoms with Crippen molar-refractivity contribution in [2.24, 2.45) is 4.99 Å². The molecule has 0 saturated carbocycles. The number of hydrogen-bond acceptors (Lipinski definition) is 3. The van der Waals surface area contributed by atoms with E-state index in [0.29, 0.717) is 24.1 Å². The summed E-state index contributed by atoms with van der Waals surface area (Å²) in [5.74, 6) is 0.370. The van der Waals surface area contributed by atoms with E-state index in [1.165, 1.54) is 18.6 Å². The maximum absolute atomic E-state index is 12.5. The van der Waals surface area contributed by atoms with Gasteiger partial charge in [0.2, 0.25) is 0 Å². The van der Waals surface area contributed by atoms with Crippen LogP contribution in [0.25, 0.3) is 0 Å². The highest BCUT2D eigenvalue weighted by Crippen LogP contribution is 2.26. The molecule has 1 aliphatic rings. The van der Waals surface area contributed by atoms with Crippen molar-refractivity contribution in [3.05, 3.63) is 29.8 Å². The summed E-state index contributed by atoms with van der Waals surface area (Å²) in [6.45, 7) is 4.56. The zero-order valence-electron chi connectivity index (χ0n) is 15.0. The van der Waals surface area contributed by atoms with Gasteiger partial charge in [0.05, 0.1) is 6.54 Å². The standard InChI is InChI=1S/C17H25F3N4O.HI/c1-3-21-16(23-12-14-8-6-10-24(14)2)22-11-13-7-4-5-9-15(13)25-17(18,19)20;/h4-5,7,9,14H,3,6,8,10-12H2,1-2H3,(H2,21,22,23);1H. The Morgan fingerprint density at radius 3 is 2.65 bits per heavy atom. The molecule has 2 rings (SSSR count). The predicted octanol–water partition coefficient (Wildman–Crippen LogP) is 3.35. The summed E-state index contributed by atoms with van der Waals surface area (Å²) in [7, 11) is 2.09. The van der Waals surface area contributed by atoms with E-state index >= 15 is 0 Å². The Hall–Kier alpha value is -1.23. The zero-order valence-corrected chi connectivity index (χ0v) is 17.3. The van der Waals surface area contributed by atoms with E-state index in [1.807, 2.05) is 6.92 Å². The number of alkyl halides is 3. The van der Waals surface area contributed by atoms with Crippen LogP contribution >= 0.6 is 24.0 Å². The monoisotopic (exact) mass is 486 g/mol. The van der Waals surface area contributed by atoms with Gasteiger partial charge in [-0.15, -0.1) is 37.1 Å². The highest BCUT2D eigenvalue weighted by molar-refractivity contribution is 14.0. The number of aliphatic imine (C=N–C) groups is 1. The van der Waals surface area contributed by atoms with Crippen LogP contribution in [0, 0.1) is 0 Å². The number of nitrogens with one attached hydrogen (secondary N) is 2. The number of hydrogen-bond donors (Lipinski definition) is 2. The molecular weight excluding hydrogens is 460 g/mol. The van der Waals surface area contributed by atoms with Gasteiger partial charge in [-0.2, -0.15) is 0 Å². The third-order valence-electron chi connectivity index (χ3n) is 4.13. The fourth-order valence-electron chi connectivity index (χ4n) is 2.82.